The number of anilines is 3. The highest BCUT2D eigenvalue weighted by Gasteiger charge is 2.36. The topological polar surface area (TPSA) is 16.4 Å². The molecule has 0 atom stereocenters. The Morgan fingerprint density at radius 3 is 1.70 bits per heavy atom. The first-order chi connectivity index (χ1) is 33.0. The predicted molar refractivity (Wildman–Crippen MR) is 283 cm³/mol. The fourth-order valence-electron chi connectivity index (χ4n) is 10.9. The molecule has 0 spiro atoms. The first-order valence-corrected chi connectivity index (χ1v) is 23.2. The summed E-state index contributed by atoms with van der Waals surface area (Å²) in [7, 11) is 0. The Kier molecular flexibility index (Phi) is 8.91. The molecular weight excluding hydrogens is 811 g/mol. The molecule has 2 heteroatoms. The van der Waals surface area contributed by atoms with Gasteiger partial charge in [-0.25, -0.2) is 0 Å². The van der Waals surface area contributed by atoms with Gasteiger partial charge >= 0.3 is 0 Å². The van der Waals surface area contributed by atoms with Crippen LogP contribution in [0.5, 0.6) is 0 Å². The van der Waals surface area contributed by atoms with Crippen molar-refractivity contribution < 1.29 is 4.42 Å². The zero-order valence-electron chi connectivity index (χ0n) is 37.4. The van der Waals surface area contributed by atoms with Crippen LogP contribution in [0.3, 0.4) is 0 Å². The van der Waals surface area contributed by atoms with Gasteiger partial charge in [0.05, 0.1) is 5.69 Å². The second-order valence-electron chi connectivity index (χ2n) is 18.4. The largest absolute Gasteiger partial charge is 0.455 e. The van der Waals surface area contributed by atoms with Crippen LogP contribution in [-0.4, -0.2) is 0 Å². The second kappa shape index (κ2) is 15.3. The molecule has 0 N–H and O–H groups in total. The maximum Gasteiger partial charge on any atom is 0.143 e. The van der Waals surface area contributed by atoms with Crippen molar-refractivity contribution in [2.45, 2.75) is 19.3 Å². The van der Waals surface area contributed by atoms with E-state index in [1.807, 2.05) is 6.07 Å². The molecule has 1 aliphatic carbocycles. The Labute approximate surface area is 390 Å². The summed E-state index contributed by atoms with van der Waals surface area (Å²) in [5.74, 6) is 0. The zero-order valence-corrected chi connectivity index (χ0v) is 37.4. The number of hydrogen-bond acceptors (Lipinski definition) is 2. The van der Waals surface area contributed by atoms with Crippen LogP contribution in [-0.2, 0) is 5.41 Å². The van der Waals surface area contributed by atoms with Gasteiger partial charge < -0.3 is 9.32 Å². The van der Waals surface area contributed by atoms with E-state index in [1.165, 1.54) is 66.1 Å². The van der Waals surface area contributed by atoms with E-state index in [1.54, 1.807) is 0 Å². The molecule has 1 aliphatic rings. The first kappa shape index (κ1) is 39.0. The highest BCUT2D eigenvalue weighted by Crippen LogP contribution is 2.53. The third-order valence-corrected chi connectivity index (χ3v) is 14.3. The summed E-state index contributed by atoms with van der Waals surface area (Å²) in [5, 5.41) is 7.38. The highest BCUT2D eigenvalue weighted by molar-refractivity contribution is 6.14. The summed E-state index contributed by atoms with van der Waals surface area (Å²) in [6, 6.07) is 86.4. The van der Waals surface area contributed by atoms with Crippen LogP contribution in [0.4, 0.5) is 17.1 Å². The van der Waals surface area contributed by atoms with Gasteiger partial charge in [-0.15, -0.1) is 0 Å². The third kappa shape index (κ3) is 6.32. The summed E-state index contributed by atoms with van der Waals surface area (Å²) in [4.78, 5) is 2.44. The fourth-order valence-corrected chi connectivity index (χ4v) is 10.9. The molecule has 0 saturated heterocycles. The Morgan fingerprint density at radius 2 is 0.881 bits per heavy atom. The van der Waals surface area contributed by atoms with Gasteiger partial charge in [0.25, 0.3) is 0 Å². The van der Waals surface area contributed by atoms with E-state index in [2.05, 4.69) is 249 Å². The molecule has 0 bridgehead atoms. The van der Waals surface area contributed by atoms with Crippen molar-refractivity contribution in [3.63, 3.8) is 0 Å². The molecular formula is C65H45NO. The molecule has 0 unspecified atom stereocenters. The molecule has 1 heterocycles. The molecule has 12 aromatic rings. The van der Waals surface area contributed by atoms with Crippen molar-refractivity contribution in [2.24, 2.45) is 0 Å². The zero-order chi connectivity index (χ0) is 44.6. The SMILES string of the molecule is CC1(C)c2cc(-c3cc4ccccc4c4ccccc34)ccc2-c2ccc(N(c3ccc(-c4cccc5c4oc4ccccc45)cc3)c3ccccc3-c3ccc(-c4ccccc4)cc3)cc21. The van der Waals surface area contributed by atoms with Crippen molar-refractivity contribution >= 4 is 60.5 Å². The first-order valence-electron chi connectivity index (χ1n) is 23.2. The van der Waals surface area contributed by atoms with Crippen LogP contribution in [0, 0.1) is 0 Å². The lowest BCUT2D eigenvalue weighted by molar-refractivity contribution is 0.660. The second-order valence-corrected chi connectivity index (χ2v) is 18.4. The molecule has 316 valence electrons. The summed E-state index contributed by atoms with van der Waals surface area (Å²) in [6.45, 7) is 4.79. The third-order valence-electron chi connectivity index (χ3n) is 14.3. The number of fused-ring (bicyclic) bond motifs is 9. The number of hydrogen-bond donors (Lipinski definition) is 0. The molecule has 13 rings (SSSR count). The number of nitrogens with zero attached hydrogens (tertiary/aromatic N) is 1. The molecule has 0 fully saturated rings. The summed E-state index contributed by atoms with van der Waals surface area (Å²) >= 11 is 0. The maximum absolute atomic E-state index is 6.50. The lowest BCUT2D eigenvalue weighted by atomic mass is 9.81. The van der Waals surface area contributed by atoms with E-state index >= 15 is 0 Å². The van der Waals surface area contributed by atoms with E-state index in [-0.39, 0.29) is 5.41 Å². The number of benzene rings is 11. The molecule has 11 aromatic carbocycles. The van der Waals surface area contributed by atoms with Crippen molar-refractivity contribution in [3.05, 3.63) is 248 Å². The fraction of sp³-hybridized carbons (Fsp3) is 0.0462. The minimum absolute atomic E-state index is 0.253. The quantitative estimate of drug-likeness (QED) is 0.149. The van der Waals surface area contributed by atoms with Gasteiger partial charge in [-0.3, -0.25) is 0 Å². The van der Waals surface area contributed by atoms with Crippen molar-refractivity contribution in [3.8, 4) is 55.6 Å². The van der Waals surface area contributed by atoms with Crippen molar-refractivity contribution in [2.75, 3.05) is 4.90 Å². The molecule has 1 aromatic heterocycles. The van der Waals surface area contributed by atoms with E-state index in [0.717, 1.165) is 61.3 Å². The van der Waals surface area contributed by atoms with E-state index in [4.69, 9.17) is 4.42 Å². The smallest absolute Gasteiger partial charge is 0.143 e. The van der Waals surface area contributed by atoms with Gasteiger partial charge in [-0.1, -0.05) is 202 Å². The van der Waals surface area contributed by atoms with Crippen LogP contribution in [0.25, 0.3) is 99.1 Å². The van der Waals surface area contributed by atoms with Crippen LogP contribution in [0.1, 0.15) is 25.0 Å². The Bertz CT molecular complexity index is 3880. The summed E-state index contributed by atoms with van der Waals surface area (Å²) in [5.41, 5.74) is 19.6. The molecule has 0 aliphatic heterocycles. The molecule has 0 radical (unpaired) electrons. The Morgan fingerprint density at radius 1 is 0.328 bits per heavy atom. The molecule has 2 nitrogen and oxygen atoms in total. The molecule has 0 saturated carbocycles. The summed E-state index contributed by atoms with van der Waals surface area (Å²) in [6.07, 6.45) is 0. The van der Waals surface area contributed by atoms with Crippen LogP contribution >= 0.6 is 0 Å². The Hall–Kier alpha value is -8.46. The predicted octanol–water partition coefficient (Wildman–Crippen LogP) is 18.3. The van der Waals surface area contributed by atoms with Gasteiger partial charge in [0.15, 0.2) is 0 Å². The van der Waals surface area contributed by atoms with Gasteiger partial charge in [0.1, 0.15) is 11.2 Å². The average Bonchev–Trinajstić information content (AvgIpc) is 3.88. The van der Waals surface area contributed by atoms with E-state index in [9.17, 15) is 0 Å². The average molecular weight is 856 g/mol. The minimum Gasteiger partial charge on any atom is -0.455 e. The molecule has 67 heavy (non-hydrogen) atoms. The van der Waals surface area contributed by atoms with Crippen LogP contribution in [0.2, 0.25) is 0 Å². The number of furan rings is 1. The molecule has 0 amide bonds. The van der Waals surface area contributed by atoms with Gasteiger partial charge in [0.2, 0.25) is 0 Å². The van der Waals surface area contributed by atoms with Crippen LogP contribution < -0.4 is 4.90 Å². The monoisotopic (exact) mass is 855 g/mol. The van der Waals surface area contributed by atoms with Gasteiger partial charge in [0, 0.05) is 38.7 Å². The van der Waals surface area contributed by atoms with Crippen molar-refractivity contribution in [1.29, 1.82) is 0 Å². The van der Waals surface area contributed by atoms with Crippen LogP contribution in [0.15, 0.2) is 241 Å². The number of rotatable bonds is 7. The standard InChI is InChI=1S/C65H45NO/c1-65(2)60-40-47(59-39-46-17-6-7-18-50(46)53-20-8-9-21-54(53)59)33-37-55(60)56-38-36-49(41-61(56)65)66(62-25-12-10-19-51(62)44-29-27-43(28-30-44)42-15-4-3-5-16-42)48-34-31-45(32-35-48)52-23-14-24-58-57-22-11-13-26-63(57)67-64(52)58/h3-41H,1-2H3. The highest BCUT2D eigenvalue weighted by atomic mass is 16.3. The lowest BCUT2D eigenvalue weighted by Crippen LogP contribution is -2.17. The number of para-hydroxylation sites is 3. The normalized spacial score (nSPS) is 12.7. The Balaban J connectivity index is 0.939. The van der Waals surface area contributed by atoms with E-state index in [0.29, 0.717) is 0 Å². The van der Waals surface area contributed by atoms with Crippen molar-refractivity contribution in [1.82, 2.24) is 0 Å². The minimum atomic E-state index is -0.253. The van der Waals surface area contributed by atoms with Gasteiger partial charge in [-0.05, 0) is 126 Å². The maximum atomic E-state index is 6.50. The summed E-state index contributed by atoms with van der Waals surface area (Å²) < 4.78 is 6.50. The van der Waals surface area contributed by atoms with E-state index < -0.39 is 0 Å². The lowest BCUT2D eigenvalue weighted by Gasteiger charge is -2.30. The van der Waals surface area contributed by atoms with Gasteiger partial charge in [-0.2, -0.15) is 0 Å².